The fraction of sp³-hybridized carbons (Fsp3) is 0.529. The summed E-state index contributed by atoms with van der Waals surface area (Å²) in [4.78, 5) is 23.6. The monoisotopic (exact) mass is 373 g/mol. The zero-order valence-electron chi connectivity index (χ0n) is 14.0. The van der Waals surface area contributed by atoms with Crippen LogP contribution in [-0.4, -0.2) is 24.9 Å². The number of piperidine rings is 1. The molecule has 1 atom stereocenters. The first-order valence-corrected chi connectivity index (χ1v) is 8.41. The van der Waals surface area contributed by atoms with Gasteiger partial charge >= 0.3 is 0 Å². The van der Waals surface area contributed by atoms with Crippen molar-refractivity contribution in [1.82, 2.24) is 5.32 Å². The van der Waals surface area contributed by atoms with E-state index >= 15 is 0 Å². The van der Waals surface area contributed by atoms with E-state index in [4.69, 9.17) is 11.6 Å². The number of carbonyl (C=O) groups is 2. The van der Waals surface area contributed by atoms with Crippen molar-refractivity contribution in [2.75, 3.05) is 23.7 Å². The molecule has 1 heterocycles. The first-order valence-electron chi connectivity index (χ1n) is 8.03. The Balaban J connectivity index is 0.00000288. The van der Waals surface area contributed by atoms with Crippen molar-refractivity contribution in [1.29, 1.82) is 0 Å². The Morgan fingerprint density at radius 3 is 2.54 bits per heavy atom. The highest BCUT2D eigenvalue weighted by Crippen LogP contribution is 2.28. The predicted molar refractivity (Wildman–Crippen MR) is 101 cm³/mol. The van der Waals surface area contributed by atoms with Crippen LogP contribution < -0.4 is 16.0 Å². The molecule has 0 aromatic heterocycles. The lowest BCUT2D eigenvalue weighted by Crippen LogP contribution is -2.32. The van der Waals surface area contributed by atoms with Crippen LogP contribution in [0.3, 0.4) is 0 Å². The maximum absolute atomic E-state index is 12.3. The van der Waals surface area contributed by atoms with Crippen LogP contribution in [0, 0.1) is 11.8 Å². The highest BCUT2D eigenvalue weighted by atomic mass is 35.5. The molecular formula is C17H25Cl2N3O2. The van der Waals surface area contributed by atoms with Gasteiger partial charge in [0.1, 0.15) is 0 Å². The Kier molecular flexibility index (Phi) is 8.53. The second-order valence-corrected chi connectivity index (χ2v) is 6.62. The topological polar surface area (TPSA) is 70.2 Å². The van der Waals surface area contributed by atoms with Crippen LogP contribution in [-0.2, 0) is 9.59 Å². The molecule has 1 aliphatic rings. The fourth-order valence-corrected chi connectivity index (χ4v) is 3.16. The molecule has 5 nitrogen and oxygen atoms in total. The molecule has 1 aromatic rings. The Bertz CT molecular complexity index is 575. The Labute approximate surface area is 154 Å². The van der Waals surface area contributed by atoms with Crippen molar-refractivity contribution in [2.24, 2.45) is 11.8 Å². The SMILES string of the molecule is CC(=O)Nc1ccc(Cl)cc1NC(=O)CC(C)C1CCNCC1.Cl. The van der Waals surface area contributed by atoms with Crippen LogP contribution in [0.4, 0.5) is 11.4 Å². The number of rotatable bonds is 5. The van der Waals surface area contributed by atoms with E-state index in [9.17, 15) is 9.59 Å². The molecule has 3 N–H and O–H groups in total. The number of hydrogen-bond donors (Lipinski definition) is 3. The average molecular weight is 374 g/mol. The second kappa shape index (κ2) is 9.87. The number of nitrogens with one attached hydrogen (secondary N) is 3. The van der Waals surface area contributed by atoms with Gasteiger partial charge in [-0.3, -0.25) is 9.59 Å². The lowest BCUT2D eigenvalue weighted by Gasteiger charge is -2.28. The van der Waals surface area contributed by atoms with Gasteiger partial charge in [0.05, 0.1) is 11.4 Å². The van der Waals surface area contributed by atoms with Crippen LogP contribution in [0.15, 0.2) is 18.2 Å². The molecule has 1 unspecified atom stereocenters. The minimum absolute atomic E-state index is 0. The van der Waals surface area contributed by atoms with Gasteiger partial charge in [-0.25, -0.2) is 0 Å². The molecule has 2 rings (SSSR count). The van der Waals surface area contributed by atoms with Gasteiger partial charge in [-0.15, -0.1) is 12.4 Å². The number of anilines is 2. The number of benzene rings is 1. The summed E-state index contributed by atoms with van der Waals surface area (Å²) in [7, 11) is 0. The van der Waals surface area contributed by atoms with Crippen LogP contribution in [0.25, 0.3) is 0 Å². The highest BCUT2D eigenvalue weighted by molar-refractivity contribution is 6.31. The zero-order valence-corrected chi connectivity index (χ0v) is 15.6. The third-order valence-corrected chi connectivity index (χ3v) is 4.50. The number of hydrogen-bond acceptors (Lipinski definition) is 3. The van der Waals surface area contributed by atoms with Gasteiger partial charge in [0.25, 0.3) is 0 Å². The third kappa shape index (κ3) is 6.30. The summed E-state index contributed by atoms with van der Waals surface area (Å²) in [6.07, 6.45) is 2.70. The lowest BCUT2D eigenvalue weighted by atomic mass is 9.84. The first kappa shape index (κ1) is 20.7. The maximum atomic E-state index is 12.3. The summed E-state index contributed by atoms with van der Waals surface area (Å²) in [6.45, 7) is 5.61. The van der Waals surface area contributed by atoms with E-state index in [1.165, 1.54) is 6.92 Å². The molecule has 1 saturated heterocycles. The van der Waals surface area contributed by atoms with Gasteiger partial charge in [-0.05, 0) is 56.0 Å². The number of carbonyl (C=O) groups excluding carboxylic acids is 2. The lowest BCUT2D eigenvalue weighted by molar-refractivity contribution is -0.117. The average Bonchev–Trinajstić information content (AvgIpc) is 2.50. The van der Waals surface area contributed by atoms with Gasteiger partial charge in [0.15, 0.2) is 0 Å². The summed E-state index contributed by atoms with van der Waals surface area (Å²) in [5.74, 6) is 0.674. The van der Waals surface area contributed by atoms with E-state index in [0.29, 0.717) is 34.7 Å². The van der Waals surface area contributed by atoms with E-state index < -0.39 is 0 Å². The fourth-order valence-electron chi connectivity index (χ4n) is 2.99. The Morgan fingerprint density at radius 1 is 1.25 bits per heavy atom. The molecule has 2 amide bonds. The van der Waals surface area contributed by atoms with Crippen molar-refractivity contribution < 1.29 is 9.59 Å². The van der Waals surface area contributed by atoms with Crippen molar-refractivity contribution in [3.8, 4) is 0 Å². The first-order chi connectivity index (χ1) is 11.0. The minimum atomic E-state index is -0.189. The van der Waals surface area contributed by atoms with E-state index in [1.807, 2.05) is 0 Å². The van der Waals surface area contributed by atoms with Crippen LogP contribution in [0.1, 0.15) is 33.1 Å². The smallest absolute Gasteiger partial charge is 0.224 e. The molecule has 0 saturated carbocycles. The van der Waals surface area contributed by atoms with Crippen LogP contribution in [0.2, 0.25) is 5.02 Å². The van der Waals surface area contributed by atoms with Crippen molar-refractivity contribution in [2.45, 2.75) is 33.1 Å². The van der Waals surface area contributed by atoms with Crippen molar-refractivity contribution in [3.05, 3.63) is 23.2 Å². The Morgan fingerprint density at radius 2 is 1.92 bits per heavy atom. The molecule has 0 radical (unpaired) electrons. The van der Waals surface area contributed by atoms with E-state index in [-0.39, 0.29) is 24.2 Å². The third-order valence-electron chi connectivity index (χ3n) is 4.26. The van der Waals surface area contributed by atoms with E-state index in [0.717, 1.165) is 25.9 Å². The molecule has 1 aliphatic heterocycles. The number of halogens is 2. The Hall–Kier alpha value is -1.30. The maximum Gasteiger partial charge on any atom is 0.224 e. The summed E-state index contributed by atoms with van der Waals surface area (Å²) in [6, 6.07) is 5.02. The van der Waals surface area contributed by atoms with Crippen molar-refractivity contribution in [3.63, 3.8) is 0 Å². The van der Waals surface area contributed by atoms with Crippen molar-refractivity contribution >= 4 is 47.2 Å². The zero-order chi connectivity index (χ0) is 16.8. The molecule has 24 heavy (non-hydrogen) atoms. The summed E-state index contributed by atoms with van der Waals surface area (Å²) in [5.41, 5.74) is 1.10. The normalized spacial score (nSPS) is 16.0. The van der Waals surface area contributed by atoms with Crippen LogP contribution in [0.5, 0.6) is 0 Å². The minimum Gasteiger partial charge on any atom is -0.325 e. The van der Waals surface area contributed by atoms with E-state index in [1.54, 1.807) is 18.2 Å². The molecule has 1 aromatic carbocycles. The second-order valence-electron chi connectivity index (χ2n) is 6.19. The van der Waals surface area contributed by atoms with Gasteiger partial charge in [-0.1, -0.05) is 18.5 Å². The molecule has 0 spiro atoms. The summed E-state index contributed by atoms with van der Waals surface area (Å²) >= 11 is 5.99. The quantitative estimate of drug-likeness (QED) is 0.736. The van der Waals surface area contributed by atoms with Gasteiger partial charge in [-0.2, -0.15) is 0 Å². The van der Waals surface area contributed by atoms with Gasteiger partial charge < -0.3 is 16.0 Å². The summed E-state index contributed by atoms with van der Waals surface area (Å²) < 4.78 is 0. The highest BCUT2D eigenvalue weighted by Gasteiger charge is 2.22. The largest absolute Gasteiger partial charge is 0.325 e. The molecular weight excluding hydrogens is 349 g/mol. The van der Waals surface area contributed by atoms with Gasteiger partial charge in [0.2, 0.25) is 11.8 Å². The molecule has 134 valence electrons. The van der Waals surface area contributed by atoms with Crippen LogP contribution >= 0.6 is 24.0 Å². The number of amides is 2. The van der Waals surface area contributed by atoms with E-state index in [2.05, 4.69) is 22.9 Å². The summed E-state index contributed by atoms with van der Waals surface area (Å²) in [5, 5.41) is 9.43. The predicted octanol–water partition coefficient (Wildman–Crippen LogP) is 3.68. The molecule has 0 bridgehead atoms. The van der Waals surface area contributed by atoms with Gasteiger partial charge in [0, 0.05) is 18.4 Å². The standard InChI is InChI=1S/C17H24ClN3O2.ClH/c1-11(13-5-7-19-8-6-13)9-17(23)21-16-10-14(18)3-4-15(16)20-12(2)22;/h3-4,10-11,13,19H,5-9H2,1-2H3,(H,20,22)(H,21,23);1H. The molecule has 0 aliphatic carbocycles. The molecule has 1 fully saturated rings. The molecule has 7 heteroatoms.